The van der Waals surface area contributed by atoms with Crippen LogP contribution in [0.2, 0.25) is 0 Å². The van der Waals surface area contributed by atoms with Crippen molar-refractivity contribution in [3.8, 4) is 0 Å². The highest BCUT2D eigenvalue weighted by Gasteiger charge is 2.19. The van der Waals surface area contributed by atoms with Gasteiger partial charge in [0.15, 0.2) is 6.10 Å². The first-order valence-electron chi connectivity index (χ1n) is 22.2. The number of carbonyl (C=O) groups excluding carboxylic acids is 3. The Balaban J connectivity index is 4.56. The average molecular weight is 787 g/mol. The molecule has 0 amide bonds. The molecule has 318 valence electrons. The second kappa shape index (κ2) is 44.5. The van der Waals surface area contributed by atoms with Gasteiger partial charge in [0.2, 0.25) is 0 Å². The minimum Gasteiger partial charge on any atom is -0.462 e. The van der Waals surface area contributed by atoms with E-state index in [1.54, 1.807) is 0 Å². The van der Waals surface area contributed by atoms with Crippen molar-refractivity contribution >= 4 is 17.9 Å². The third-order valence-electron chi connectivity index (χ3n) is 8.72. The molecule has 0 aromatic heterocycles. The maximum atomic E-state index is 12.7. The third-order valence-corrected chi connectivity index (χ3v) is 8.72. The molecule has 0 spiro atoms. The Kier molecular flexibility index (Phi) is 41.3. The summed E-state index contributed by atoms with van der Waals surface area (Å²) in [6.45, 7) is 6.22. The lowest BCUT2D eigenvalue weighted by atomic mass is 10.1. The van der Waals surface area contributed by atoms with Gasteiger partial charge in [-0.25, -0.2) is 0 Å². The van der Waals surface area contributed by atoms with Crippen LogP contribution in [0.4, 0.5) is 0 Å². The van der Waals surface area contributed by atoms with Crippen molar-refractivity contribution in [2.75, 3.05) is 13.2 Å². The van der Waals surface area contributed by atoms with Crippen molar-refractivity contribution in [3.05, 3.63) is 122 Å². The second-order valence-electron chi connectivity index (χ2n) is 14.1. The Labute approximate surface area is 348 Å². The first-order valence-corrected chi connectivity index (χ1v) is 22.2. The molecule has 57 heavy (non-hydrogen) atoms. The third kappa shape index (κ3) is 42.8. The van der Waals surface area contributed by atoms with Gasteiger partial charge >= 0.3 is 17.9 Å². The molecule has 0 aliphatic rings. The highest BCUT2D eigenvalue weighted by Crippen LogP contribution is 2.12. The zero-order valence-electron chi connectivity index (χ0n) is 36.0. The molecule has 0 aliphatic heterocycles. The van der Waals surface area contributed by atoms with Crippen LogP contribution in [0.5, 0.6) is 0 Å². The average Bonchev–Trinajstić information content (AvgIpc) is 3.21. The normalized spacial score (nSPS) is 13.2. The maximum Gasteiger partial charge on any atom is 0.306 e. The molecule has 6 heteroatoms. The van der Waals surface area contributed by atoms with Crippen LogP contribution in [0, 0.1) is 0 Å². The molecule has 0 saturated carbocycles. The summed E-state index contributed by atoms with van der Waals surface area (Å²) in [5.74, 6) is -1.01. The Morgan fingerprint density at radius 1 is 0.368 bits per heavy atom. The molecule has 1 atom stereocenters. The molecule has 0 N–H and O–H groups in total. The van der Waals surface area contributed by atoms with E-state index < -0.39 is 6.10 Å². The smallest absolute Gasteiger partial charge is 0.306 e. The van der Waals surface area contributed by atoms with E-state index in [2.05, 4.69) is 45.1 Å². The highest BCUT2D eigenvalue weighted by molar-refractivity contribution is 5.71. The lowest BCUT2D eigenvalue weighted by Gasteiger charge is -2.18. The molecule has 0 aliphatic carbocycles. The Morgan fingerprint density at radius 3 is 1.07 bits per heavy atom. The van der Waals surface area contributed by atoms with Crippen LogP contribution in [-0.4, -0.2) is 37.2 Å². The molecule has 0 saturated heterocycles. The van der Waals surface area contributed by atoms with E-state index >= 15 is 0 Å². The molecule has 0 rings (SSSR count). The van der Waals surface area contributed by atoms with Crippen molar-refractivity contribution in [1.29, 1.82) is 0 Å². The standard InChI is InChI=1S/C51H78O6/c1-4-7-10-13-16-19-21-23-24-25-26-28-29-32-35-38-41-44-50(53)56-47-48(46-55-49(52)43-40-37-34-31-18-15-12-9-6-3)57-51(54)45-42-39-36-33-30-27-22-20-17-14-11-8-5-2/h7-8,10-11,13-14,16-17,19-30,48H,4-6,9,12,15,18,31-47H2,1-3H3/b10-7-,11-8-,16-13-,17-14-,21-19-,22-20-,24-23-,26-25+,29-28-,30-27-. The van der Waals surface area contributed by atoms with E-state index in [1.165, 1.54) is 38.5 Å². The first kappa shape index (κ1) is 52.8. The summed E-state index contributed by atoms with van der Waals surface area (Å²) in [7, 11) is 0. The topological polar surface area (TPSA) is 78.9 Å². The van der Waals surface area contributed by atoms with Crippen molar-refractivity contribution in [2.45, 2.75) is 168 Å². The number of allylic oxidation sites excluding steroid dienone is 20. The Morgan fingerprint density at radius 2 is 0.684 bits per heavy atom. The maximum absolute atomic E-state index is 12.7. The molecule has 0 fully saturated rings. The van der Waals surface area contributed by atoms with E-state index in [9.17, 15) is 14.4 Å². The monoisotopic (exact) mass is 787 g/mol. The fourth-order valence-corrected chi connectivity index (χ4v) is 5.42. The van der Waals surface area contributed by atoms with Gasteiger partial charge in [0.05, 0.1) is 0 Å². The summed E-state index contributed by atoms with van der Waals surface area (Å²) in [4.78, 5) is 37.7. The minimum absolute atomic E-state index is 0.112. The summed E-state index contributed by atoms with van der Waals surface area (Å²) >= 11 is 0. The summed E-state index contributed by atoms with van der Waals surface area (Å²) in [6, 6.07) is 0. The van der Waals surface area contributed by atoms with Gasteiger partial charge in [-0.1, -0.05) is 206 Å². The fourth-order valence-electron chi connectivity index (χ4n) is 5.42. The summed E-state index contributed by atoms with van der Waals surface area (Å²) in [6.07, 6.45) is 60.4. The molecule has 6 nitrogen and oxygen atoms in total. The van der Waals surface area contributed by atoms with Gasteiger partial charge in [-0.2, -0.15) is 0 Å². The van der Waals surface area contributed by atoms with Crippen molar-refractivity contribution in [3.63, 3.8) is 0 Å². The first-order chi connectivity index (χ1) is 28.0. The zero-order chi connectivity index (χ0) is 41.5. The van der Waals surface area contributed by atoms with Crippen LogP contribution in [0.3, 0.4) is 0 Å². The lowest BCUT2D eigenvalue weighted by molar-refractivity contribution is -0.167. The number of hydrogen-bond donors (Lipinski definition) is 0. The highest BCUT2D eigenvalue weighted by atomic mass is 16.6. The van der Waals surface area contributed by atoms with Crippen molar-refractivity contribution in [1.82, 2.24) is 0 Å². The molecule has 0 aromatic rings. The largest absolute Gasteiger partial charge is 0.462 e. The van der Waals surface area contributed by atoms with Crippen molar-refractivity contribution < 1.29 is 28.6 Å². The SMILES string of the molecule is CC\C=C/C=C\C=C/C=C\C=C\C=C/CCCCCC(=O)OCC(COC(=O)CCCCCCCCCCC)OC(=O)CCCCC\C=C/C=C\C=C/C=C\CC. The molecule has 0 heterocycles. The van der Waals surface area contributed by atoms with E-state index in [1.807, 2.05) is 97.2 Å². The molecule has 0 radical (unpaired) electrons. The number of hydrogen-bond acceptors (Lipinski definition) is 6. The number of carbonyl (C=O) groups is 3. The molecule has 0 bridgehead atoms. The van der Waals surface area contributed by atoms with Crippen LogP contribution in [0.25, 0.3) is 0 Å². The number of esters is 3. The zero-order valence-corrected chi connectivity index (χ0v) is 36.0. The van der Waals surface area contributed by atoms with Crippen LogP contribution < -0.4 is 0 Å². The van der Waals surface area contributed by atoms with Gasteiger partial charge in [0.25, 0.3) is 0 Å². The minimum atomic E-state index is -0.816. The summed E-state index contributed by atoms with van der Waals surface area (Å²) < 4.78 is 16.6. The van der Waals surface area contributed by atoms with Crippen LogP contribution >= 0.6 is 0 Å². The van der Waals surface area contributed by atoms with E-state index in [4.69, 9.17) is 14.2 Å². The van der Waals surface area contributed by atoms with E-state index in [0.717, 1.165) is 77.0 Å². The van der Waals surface area contributed by atoms with Gasteiger partial charge in [0.1, 0.15) is 13.2 Å². The number of rotatable bonds is 37. The van der Waals surface area contributed by atoms with Crippen LogP contribution in [0.1, 0.15) is 162 Å². The van der Waals surface area contributed by atoms with Gasteiger partial charge in [-0.15, -0.1) is 0 Å². The Hall–Kier alpha value is -4.19. The van der Waals surface area contributed by atoms with E-state index in [0.29, 0.717) is 19.3 Å². The molecular weight excluding hydrogens is 709 g/mol. The Bertz CT molecular complexity index is 1270. The van der Waals surface area contributed by atoms with Gasteiger partial charge in [-0.3, -0.25) is 14.4 Å². The van der Waals surface area contributed by atoms with Crippen LogP contribution in [-0.2, 0) is 28.6 Å². The summed E-state index contributed by atoms with van der Waals surface area (Å²) in [5, 5.41) is 0. The van der Waals surface area contributed by atoms with Gasteiger partial charge < -0.3 is 14.2 Å². The molecular formula is C51H78O6. The predicted octanol–water partition coefficient (Wildman–Crippen LogP) is 14.2. The number of unbranched alkanes of at least 4 members (excludes halogenated alkanes) is 14. The van der Waals surface area contributed by atoms with Gasteiger partial charge in [-0.05, 0) is 57.8 Å². The molecule has 0 aromatic carbocycles. The lowest BCUT2D eigenvalue weighted by Crippen LogP contribution is -2.30. The number of ether oxygens (including phenoxy) is 3. The predicted molar refractivity (Wildman–Crippen MR) is 242 cm³/mol. The molecule has 1 unspecified atom stereocenters. The fraction of sp³-hybridized carbons (Fsp3) is 0.549. The van der Waals surface area contributed by atoms with E-state index in [-0.39, 0.29) is 37.5 Å². The van der Waals surface area contributed by atoms with Gasteiger partial charge in [0, 0.05) is 19.3 Å². The van der Waals surface area contributed by atoms with Crippen molar-refractivity contribution in [2.24, 2.45) is 0 Å². The second-order valence-corrected chi connectivity index (χ2v) is 14.1. The van der Waals surface area contributed by atoms with Crippen LogP contribution in [0.15, 0.2) is 122 Å². The summed E-state index contributed by atoms with van der Waals surface area (Å²) in [5.41, 5.74) is 0. The quantitative estimate of drug-likeness (QED) is 0.0270.